The maximum Gasteiger partial charge on any atom is 1.00 e. The zero-order chi connectivity index (χ0) is 19.1. The number of oxazole rings is 1. The number of rotatable bonds is 2. The number of fused-ring (bicyclic) bond motifs is 1. The van der Waals surface area contributed by atoms with E-state index in [2.05, 4.69) is 4.98 Å². The number of carbonyl (C=O) groups excluding carboxylic acids is 1. The van der Waals surface area contributed by atoms with Gasteiger partial charge in [0.25, 0.3) is 6.01 Å². The van der Waals surface area contributed by atoms with Crippen LogP contribution in [0.5, 0.6) is 0 Å². The molecule has 1 aliphatic heterocycles. The van der Waals surface area contributed by atoms with Crippen molar-refractivity contribution in [3.8, 4) is 0 Å². The molecule has 1 saturated heterocycles. The zero-order valence-corrected chi connectivity index (χ0v) is 16.4. The quantitative estimate of drug-likeness (QED) is 0.750. The van der Waals surface area contributed by atoms with Crippen molar-refractivity contribution >= 4 is 29.2 Å². The van der Waals surface area contributed by atoms with Crippen molar-refractivity contribution in [2.45, 2.75) is 39.3 Å². The first-order chi connectivity index (χ1) is 12.2. The molecule has 0 saturated carbocycles. The first-order valence-electron chi connectivity index (χ1n) is 8.53. The Morgan fingerprint density at radius 3 is 2.63 bits per heavy atom. The number of piperazine rings is 1. The van der Waals surface area contributed by atoms with Gasteiger partial charge in [-0.3, -0.25) is 0 Å². The van der Waals surface area contributed by atoms with E-state index >= 15 is 0 Å². The summed E-state index contributed by atoms with van der Waals surface area (Å²) in [5.41, 5.74) is 0.332. The van der Waals surface area contributed by atoms with E-state index in [-0.39, 0.29) is 38.0 Å². The molecule has 0 radical (unpaired) electrons. The molecular weight excluding hydrogens is 345 g/mol. The number of carboxylic acids is 1. The maximum atomic E-state index is 12.3. The topological polar surface area (TPSA) is 96.1 Å². The minimum Gasteiger partial charge on any atom is -1.00 e. The van der Waals surface area contributed by atoms with Crippen molar-refractivity contribution in [2.75, 3.05) is 24.5 Å². The number of anilines is 1. The smallest absolute Gasteiger partial charge is 1.00 e. The first kappa shape index (κ1) is 21.1. The normalized spacial score (nSPS) is 17.6. The van der Waals surface area contributed by atoms with Crippen LogP contribution in [-0.2, 0) is 4.74 Å². The Morgan fingerprint density at radius 1 is 1.33 bits per heavy atom. The molecule has 1 unspecified atom stereocenters. The molecule has 1 aromatic carbocycles. The summed E-state index contributed by atoms with van der Waals surface area (Å²) in [4.78, 5) is 31.6. The predicted molar refractivity (Wildman–Crippen MR) is 96.7 cm³/mol. The Kier molecular flexibility index (Phi) is 6.13. The van der Waals surface area contributed by atoms with Gasteiger partial charge in [0.05, 0.1) is 5.56 Å². The molecule has 1 atom stereocenters. The molecule has 2 aromatic rings. The molecule has 2 heterocycles. The number of aromatic carboxylic acids is 1. The molecule has 0 bridgehead atoms. The largest absolute Gasteiger partial charge is 1.00 e. The van der Waals surface area contributed by atoms with Crippen LogP contribution in [0.2, 0.25) is 0 Å². The van der Waals surface area contributed by atoms with E-state index in [1.165, 1.54) is 6.07 Å². The van der Waals surface area contributed by atoms with E-state index in [1.807, 2.05) is 32.6 Å². The Labute approximate surface area is 171 Å². The fourth-order valence-electron chi connectivity index (χ4n) is 2.97. The van der Waals surface area contributed by atoms with Crippen LogP contribution in [0.25, 0.3) is 11.1 Å². The summed E-state index contributed by atoms with van der Waals surface area (Å²) < 4.78 is 11.2. The van der Waals surface area contributed by atoms with Gasteiger partial charge in [-0.15, -0.1) is 0 Å². The average molecular weight is 369 g/mol. The Hall–Kier alpha value is -2.17. The van der Waals surface area contributed by atoms with E-state index in [1.54, 1.807) is 17.0 Å². The Morgan fingerprint density at radius 2 is 2.04 bits per heavy atom. The van der Waals surface area contributed by atoms with Gasteiger partial charge in [-0.25, -0.2) is 9.59 Å². The third kappa shape index (κ3) is 4.57. The average Bonchev–Trinajstić information content (AvgIpc) is 2.96. The van der Waals surface area contributed by atoms with Crippen LogP contribution in [0.1, 0.15) is 39.5 Å². The van der Waals surface area contributed by atoms with Crippen LogP contribution in [0.15, 0.2) is 22.6 Å². The van der Waals surface area contributed by atoms with Crippen molar-refractivity contribution < 1.29 is 44.1 Å². The second kappa shape index (κ2) is 7.83. The van der Waals surface area contributed by atoms with Gasteiger partial charge in [0, 0.05) is 25.7 Å². The second-order valence-corrected chi connectivity index (χ2v) is 7.42. The molecule has 0 spiro atoms. The molecule has 0 aliphatic carbocycles. The molecule has 1 fully saturated rings. The van der Waals surface area contributed by atoms with E-state index in [4.69, 9.17) is 9.15 Å². The van der Waals surface area contributed by atoms with Gasteiger partial charge in [-0.1, -0.05) is 6.07 Å². The van der Waals surface area contributed by atoms with Crippen molar-refractivity contribution in [1.82, 2.24) is 9.88 Å². The number of hydrogen-bond donors (Lipinski definition) is 1. The summed E-state index contributed by atoms with van der Waals surface area (Å²) in [7, 11) is 0. The molecule has 27 heavy (non-hydrogen) atoms. The number of nitrogens with zero attached hydrogens (tertiary/aromatic N) is 3. The number of para-hydroxylation sites is 1. The SMILES string of the molecule is CC1CN(c2nc3c(C(=O)O)cccc3o2)CCN1C(=O)OC(C)(C)C.[H-].[Li+]. The fourth-order valence-corrected chi connectivity index (χ4v) is 2.97. The minimum absolute atomic E-state index is 0. The second-order valence-electron chi connectivity index (χ2n) is 7.42. The van der Waals surface area contributed by atoms with Gasteiger partial charge in [0.2, 0.25) is 0 Å². The molecule has 1 amide bonds. The summed E-state index contributed by atoms with van der Waals surface area (Å²) in [6.07, 6.45) is -0.338. The number of hydrogen-bond acceptors (Lipinski definition) is 6. The van der Waals surface area contributed by atoms with E-state index < -0.39 is 11.6 Å². The van der Waals surface area contributed by atoms with Crippen molar-refractivity contribution in [2.24, 2.45) is 0 Å². The summed E-state index contributed by atoms with van der Waals surface area (Å²) in [5, 5.41) is 9.28. The molecule has 9 heteroatoms. The zero-order valence-electron chi connectivity index (χ0n) is 17.4. The van der Waals surface area contributed by atoms with Crippen LogP contribution in [0.3, 0.4) is 0 Å². The van der Waals surface area contributed by atoms with Gasteiger partial charge < -0.3 is 25.5 Å². The summed E-state index contributed by atoms with van der Waals surface area (Å²) in [5.74, 6) is -1.04. The van der Waals surface area contributed by atoms with Gasteiger partial charge in [-0.05, 0) is 39.8 Å². The minimum atomic E-state index is -1.04. The van der Waals surface area contributed by atoms with Crippen LogP contribution < -0.4 is 23.8 Å². The third-order valence-corrected chi connectivity index (χ3v) is 4.16. The summed E-state index contributed by atoms with van der Waals surface area (Å²) >= 11 is 0. The monoisotopic (exact) mass is 369 g/mol. The third-order valence-electron chi connectivity index (χ3n) is 4.16. The molecule has 142 valence electrons. The van der Waals surface area contributed by atoms with Crippen LogP contribution >= 0.6 is 0 Å². The predicted octanol–water partition coefficient (Wildman–Crippen LogP) is 0.0881. The van der Waals surface area contributed by atoms with Crippen molar-refractivity contribution in [3.63, 3.8) is 0 Å². The van der Waals surface area contributed by atoms with Crippen molar-refractivity contribution in [3.05, 3.63) is 23.8 Å². The summed E-state index contributed by atoms with van der Waals surface area (Å²) in [6.45, 7) is 8.97. The van der Waals surface area contributed by atoms with E-state index in [0.29, 0.717) is 36.7 Å². The van der Waals surface area contributed by atoms with Crippen molar-refractivity contribution in [1.29, 1.82) is 0 Å². The maximum absolute atomic E-state index is 12.3. The number of benzene rings is 1. The molecular formula is C18H24LiN3O5. The Balaban J connectivity index is 0.00000196. The molecule has 1 N–H and O–H groups in total. The first-order valence-corrected chi connectivity index (χ1v) is 8.53. The fraction of sp³-hybridized carbons (Fsp3) is 0.500. The van der Waals surface area contributed by atoms with Gasteiger partial charge in [-0.2, -0.15) is 4.98 Å². The molecule has 1 aromatic heterocycles. The number of carbonyl (C=O) groups is 2. The number of aromatic nitrogens is 1. The van der Waals surface area contributed by atoms with Crippen LogP contribution in [0, 0.1) is 0 Å². The van der Waals surface area contributed by atoms with Gasteiger partial charge in [0.15, 0.2) is 5.58 Å². The standard InChI is InChI=1S/C18H23N3O5.Li.H/c1-11-10-20(8-9-21(11)17(24)26-18(2,3)4)16-19-14-12(15(22)23)6-5-7-13(14)25-16;;/h5-7,11H,8-10H2,1-4H3,(H,22,23);;/q;+1;-1. The number of carboxylic acid groups (broad SMARTS) is 1. The van der Waals surface area contributed by atoms with E-state index in [9.17, 15) is 14.7 Å². The molecule has 3 rings (SSSR count). The van der Waals surface area contributed by atoms with Gasteiger partial charge >= 0.3 is 30.9 Å². The van der Waals surface area contributed by atoms with E-state index in [0.717, 1.165) is 0 Å². The number of amides is 1. The Bertz CT molecular complexity index is 851. The van der Waals surface area contributed by atoms with Crippen LogP contribution in [0.4, 0.5) is 10.8 Å². The van der Waals surface area contributed by atoms with Crippen LogP contribution in [-0.4, -0.2) is 58.3 Å². The number of ether oxygens (including phenoxy) is 1. The molecule has 1 aliphatic rings. The molecule has 8 nitrogen and oxygen atoms in total. The summed E-state index contributed by atoms with van der Waals surface area (Å²) in [6, 6.07) is 5.10. The van der Waals surface area contributed by atoms with Gasteiger partial charge in [0.1, 0.15) is 11.1 Å².